The van der Waals surface area contributed by atoms with E-state index in [1.54, 1.807) is 0 Å². The third-order valence-electron chi connectivity index (χ3n) is 8.09. The van der Waals surface area contributed by atoms with Gasteiger partial charge in [0.1, 0.15) is 5.82 Å². The van der Waals surface area contributed by atoms with Crippen molar-refractivity contribution in [1.29, 1.82) is 0 Å². The van der Waals surface area contributed by atoms with Gasteiger partial charge in [-0.05, 0) is 69.2 Å². The summed E-state index contributed by atoms with van der Waals surface area (Å²) in [6.45, 7) is 7.90. The summed E-state index contributed by atoms with van der Waals surface area (Å²) >= 11 is 0. The predicted molar refractivity (Wildman–Crippen MR) is 149 cm³/mol. The van der Waals surface area contributed by atoms with E-state index in [0.29, 0.717) is 29.8 Å². The second-order valence-corrected chi connectivity index (χ2v) is 10.6. The van der Waals surface area contributed by atoms with E-state index in [1.165, 1.54) is 5.69 Å². The van der Waals surface area contributed by atoms with Gasteiger partial charge < -0.3 is 31.1 Å². The number of aromatic nitrogens is 2. The van der Waals surface area contributed by atoms with E-state index in [-0.39, 0.29) is 17.8 Å². The summed E-state index contributed by atoms with van der Waals surface area (Å²) in [7, 11) is 0. The van der Waals surface area contributed by atoms with Crippen LogP contribution in [0.1, 0.15) is 61.6 Å². The summed E-state index contributed by atoms with van der Waals surface area (Å²) in [6.07, 6.45) is 5.96. The number of ether oxygens (including phenoxy) is 1. The lowest BCUT2D eigenvalue weighted by Gasteiger charge is -2.41. The molecule has 1 amide bonds. The van der Waals surface area contributed by atoms with Crippen LogP contribution in [0.4, 0.5) is 23.0 Å². The van der Waals surface area contributed by atoms with E-state index in [4.69, 9.17) is 15.5 Å². The van der Waals surface area contributed by atoms with Gasteiger partial charge >= 0.3 is 0 Å². The Hall–Kier alpha value is -2.95. The van der Waals surface area contributed by atoms with Crippen LogP contribution in [-0.4, -0.2) is 83.5 Å². The summed E-state index contributed by atoms with van der Waals surface area (Å²) in [5.41, 5.74) is 8.54. The van der Waals surface area contributed by atoms with Crippen LogP contribution in [0.2, 0.25) is 0 Å². The van der Waals surface area contributed by atoms with Gasteiger partial charge in [-0.3, -0.25) is 9.69 Å². The van der Waals surface area contributed by atoms with Crippen molar-refractivity contribution in [1.82, 2.24) is 14.9 Å². The van der Waals surface area contributed by atoms with Gasteiger partial charge in [0, 0.05) is 62.9 Å². The van der Waals surface area contributed by atoms with E-state index in [2.05, 4.69) is 37.6 Å². The molecule has 0 unspecified atom stereocenters. The molecule has 1 saturated carbocycles. The molecular weight excluding hydrogens is 482 g/mol. The Bertz CT molecular complexity index is 1070. The zero-order valence-electron chi connectivity index (χ0n) is 22.4. The van der Waals surface area contributed by atoms with Gasteiger partial charge in [0.15, 0.2) is 11.5 Å². The average molecular weight is 524 g/mol. The maximum atomic E-state index is 12.2. The van der Waals surface area contributed by atoms with Crippen molar-refractivity contribution in [2.24, 2.45) is 5.73 Å². The quantitative estimate of drug-likeness (QED) is 0.413. The van der Waals surface area contributed by atoms with Gasteiger partial charge in [0.25, 0.3) is 5.91 Å². The molecule has 1 aromatic heterocycles. The molecule has 3 aliphatic rings. The highest BCUT2D eigenvalue weighted by atomic mass is 16.5. The fourth-order valence-electron chi connectivity index (χ4n) is 5.79. The molecule has 5 N–H and O–H groups in total. The highest BCUT2D eigenvalue weighted by Crippen LogP contribution is 2.28. The number of nitrogens with zero attached hydrogens (tertiary/aromatic N) is 4. The minimum atomic E-state index is -0.610. The van der Waals surface area contributed by atoms with Crippen LogP contribution < -0.4 is 21.3 Å². The number of nitrogens with one attached hydrogen (secondary N) is 2. The van der Waals surface area contributed by atoms with Crippen molar-refractivity contribution < 1.29 is 14.6 Å². The number of nitrogens with two attached hydrogens (primary N) is 1. The molecule has 2 saturated heterocycles. The molecule has 5 rings (SSSR count). The van der Waals surface area contributed by atoms with Gasteiger partial charge in [-0.2, -0.15) is 0 Å². The number of piperazine rings is 1. The third-order valence-corrected chi connectivity index (χ3v) is 8.09. The Labute approximate surface area is 225 Å². The molecule has 10 heteroatoms. The molecular formula is C28H41N7O3. The highest BCUT2D eigenvalue weighted by molar-refractivity contribution is 5.96. The molecule has 2 aromatic rings. The van der Waals surface area contributed by atoms with Crippen molar-refractivity contribution in [2.45, 2.75) is 70.1 Å². The topological polar surface area (TPSA) is 129 Å². The molecule has 2 aliphatic heterocycles. The maximum Gasteiger partial charge on any atom is 0.271 e. The van der Waals surface area contributed by atoms with Gasteiger partial charge in [-0.15, -0.1) is 0 Å². The summed E-state index contributed by atoms with van der Waals surface area (Å²) in [4.78, 5) is 26.6. The van der Waals surface area contributed by atoms with Crippen LogP contribution in [0.25, 0.3) is 0 Å². The summed E-state index contributed by atoms with van der Waals surface area (Å²) in [5.74, 6) is 0.410. The molecule has 1 aliphatic carbocycles. The first-order valence-electron chi connectivity index (χ1n) is 14.1. The standard InChI is InChI=1S/C28H41N7O3/c1-2-24-27(30-20-5-9-23(36)10-6-20)33-28(25(32-24)26(29)37)31-19-3-7-21(8-4-19)34-13-15-35(16-14-34)22-11-17-38-18-12-22/h3-4,7-8,20,22-23,36H,2,5-6,9-18H2,1H3,(H2,29,37)(H2,30,31,33). The SMILES string of the molecule is CCc1nc(C(N)=O)c(Nc2ccc(N3CCN(C4CCOCC4)CC3)cc2)nc1NC1CCC(O)CC1. The number of rotatable bonds is 8. The number of aryl methyl sites for hydroxylation is 1. The van der Waals surface area contributed by atoms with E-state index >= 15 is 0 Å². The number of primary amides is 1. The highest BCUT2D eigenvalue weighted by Gasteiger charge is 2.26. The number of anilines is 4. The molecule has 38 heavy (non-hydrogen) atoms. The second-order valence-electron chi connectivity index (χ2n) is 10.6. The fraction of sp³-hybridized carbons (Fsp3) is 0.607. The predicted octanol–water partition coefficient (Wildman–Crippen LogP) is 2.90. The fourth-order valence-corrected chi connectivity index (χ4v) is 5.79. The number of aliphatic hydroxyl groups excluding tert-OH is 1. The molecule has 10 nitrogen and oxygen atoms in total. The lowest BCUT2D eigenvalue weighted by Crippen LogP contribution is -2.51. The monoisotopic (exact) mass is 523 g/mol. The van der Waals surface area contributed by atoms with E-state index in [1.807, 2.05) is 19.1 Å². The first-order chi connectivity index (χ1) is 18.5. The van der Waals surface area contributed by atoms with Gasteiger partial charge in [0.05, 0.1) is 11.8 Å². The molecule has 206 valence electrons. The lowest BCUT2D eigenvalue weighted by atomic mass is 9.93. The molecule has 3 heterocycles. The number of aliphatic hydroxyl groups is 1. The van der Waals surface area contributed by atoms with Crippen LogP contribution in [-0.2, 0) is 11.2 Å². The van der Waals surface area contributed by atoms with E-state index in [0.717, 1.165) is 83.6 Å². The molecule has 0 spiro atoms. The van der Waals surface area contributed by atoms with E-state index < -0.39 is 5.91 Å². The molecule has 0 bridgehead atoms. The molecule has 0 radical (unpaired) electrons. The number of carbonyl (C=O) groups excluding carboxylic acids is 1. The van der Waals surface area contributed by atoms with Crippen LogP contribution in [0.3, 0.4) is 0 Å². The number of carbonyl (C=O) groups is 1. The zero-order valence-corrected chi connectivity index (χ0v) is 22.4. The summed E-state index contributed by atoms with van der Waals surface area (Å²) in [6, 6.07) is 9.11. The van der Waals surface area contributed by atoms with Crippen molar-refractivity contribution in [2.75, 3.05) is 54.9 Å². The summed E-state index contributed by atoms with van der Waals surface area (Å²) in [5, 5.41) is 16.6. The second kappa shape index (κ2) is 12.3. The molecule has 3 fully saturated rings. The van der Waals surface area contributed by atoms with Crippen molar-refractivity contribution in [3.8, 4) is 0 Å². The third kappa shape index (κ3) is 6.36. The first kappa shape index (κ1) is 26.6. The maximum absolute atomic E-state index is 12.2. The molecule has 0 atom stereocenters. The number of amides is 1. The minimum Gasteiger partial charge on any atom is -0.393 e. The Balaban J connectivity index is 1.26. The number of hydrogen-bond donors (Lipinski definition) is 4. The summed E-state index contributed by atoms with van der Waals surface area (Å²) < 4.78 is 5.52. The Morgan fingerprint density at radius 1 is 1.00 bits per heavy atom. The van der Waals surface area contributed by atoms with Crippen molar-refractivity contribution >= 4 is 28.9 Å². The van der Waals surface area contributed by atoms with Gasteiger partial charge in [-0.1, -0.05) is 6.92 Å². The Kier molecular flexibility index (Phi) is 8.61. The smallest absolute Gasteiger partial charge is 0.271 e. The average Bonchev–Trinajstić information content (AvgIpc) is 2.95. The first-order valence-corrected chi connectivity index (χ1v) is 14.1. The van der Waals surface area contributed by atoms with Crippen LogP contribution in [0.5, 0.6) is 0 Å². The Morgan fingerprint density at radius 2 is 1.68 bits per heavy atom. The zero-order chi connectivity index (χ0) is 26.5. The van der Waals surface area contributed by atoms with Gasteiger partial charge in [-0.25, -0.2) is 9.97 Å². The number of hydrogen-bond acceptors (Lipinski definition) is 9. The molecule has 1 aromatic carbocycles. The Morgan fingerprint density at radius 3 is 2.32 bits per heavy atom. The lowest BCUT2D eigenvalue weighted by molar-refractivity contribution is 0.0321. The van der Waals surface area contributed by atoms with Crippen LogP contribution in [0, 0.1) is 0 Å². The normalized spacial score (nSPS) is 23.3. The van der Waals surface area contributed by atoms with E-state index in [9.17, 15) is 9.90 Å². The largest absolute Gasteiger partial charge is 0.393 e. The van der Waals surface area contributed by atoms with Crippen LogP contribution in [0.15, 0.2) is 24.3 Å². The van der Waals surface area contributed by atoms with Crippen molar-refractivity contribution in [3.63, 3.8) is 0 Å². The van der Waals surface area contributed by atoms with Crippen molar-refractivity contribution in [3.05, 3.63) is 35.7 Å². The van der Waals surface area contributed by atoms with Gasteiger partial charge in [0.2, 0.25) is 0 Å². The minimum absolute atomic E-state index is 0.139. The number of benzene rings is 1. The van der Waals surface area contributed by atoms with Crippen LogP contribution >= 0.6 is 0 Å².